The second-order valence-electron chi connectivity index (χ2n) is 10.9. The maximum absolute atomic E-state index is 14.5. The van der Waals surface area contributed by atoms with Crippen molar-refractivity contribution in [2.75, 3.05) is 32.2 Å². The number of benzene rings is 4. The van der Waals surface area contributed by atoms with Crippen LogP contribution in [0.15, 0.2) is 111 Å². The van der Waals surface area contributed by atoms with Crippen LogP contribution in [0.1, 0.15) is 34.8 Å². The average molecular weight is 721 g/mol. The maximum Gasteiger partial charge on any atom is 0.252 e. The van der Waals surface area contributed by atoms with E-state index >= 15 is 0 Å². The first kappa shape index (κ1) is 31.8. The third-order valence-corrected chi connectivity index (χ3v) is 8.76. The summed E-state index contributed by atoms with van der Waals surface area (Å²) in [6.07, 6.45) is 0.177. The molecule has 4 aromatic carbocycles. The molecule has 1 aliphatic rings. The number of aliphatic hydroxyl groups is 1. The molecule has 1 amide bonds. The summed E-state index contributed by atoms with van der Waals surface area (Å²) in [6, 6.07) is 31.3. The normalized spacial score (nSPS) is 17.5. The lowest BCUT2D eigenvalue weighted by Crippen LogP contribution is -2.49. The van der Waals surface area contributed by atoms with Crippen LogP contribution < -0.4 is 15.0 Å². The van der Waals surface area contributed by atoms with E-state index in [1.807, 2.05) is 116 Å². The Balaban J connectivity index is 1.54. The minimum absolute atomic E-state index is 0.0725. The fourth-order valence-corrected chi connectivity index (χ4v) is 5.86. The Morgan fingerprint density at radius 1 is 0.955 bits per heavy atom. The van der Waals surface area contributed by atoms with E-state index < -0.39 is 11.6 Å². The highest BCUT2D eigenvalue weighted by molar-refractivity contribution is 9.10. The van der Waals surface area contributed by atoms with Gasteiger partial charge in [-0.15, -0.1) is 0 Å². The van der Waals surface area contributed by atoms with Crippen LogP contribution >= 0.6 is 31.9 Å². The van der Waals surface area contributed by atoms with E-state index in [0.717, 1.165) is 36.9 Å². The van der Waals surface area contributed by atoms with Crippen LogP contribution in [0.2, 0.25) is 0 Å². The summed E-state index contributed by atoms with van der Waals surface area (Å²) in [4.78, 5) is 21.7. The van der Waals surface area contributed by atoms with Crippen LogP contribution in [-0.4, -0.2) is 49.8 Å². The third-order valence-electron chi connectivity index (χ3n) is 7.51. The second kappa shape index (κ2) is 14.4. The van der Waals surface area contributed by atoms with Gasteiger partial charge in [0, 0.05) is 65.8 Å². The molecule has 2 N–H and O–H groups in total. The third kappa shape index (κ3) is 7.34. The largest absolute Gasteiger partial charge is 0.494 e. The van der Waals surface area contributed by atoms with E-state index in [9.17, 15) is 4.79 Å². The van der Waals surface area contributed by atoms with E-state index in [-0.39, 0.29) is 12.5 Å². The Bertz CT molecular complexity index is 1590. The standard InChI is InChI=1S/C35H35Br2N3O4/c1-40(2)28-16-10-25(11-17-28)23-38-34(42)35(22-24-8-14-27(36)15-9-24)32(30-6-3-4-7-31(30)37)44-33(39-35)26-12-18-29(19-13-26)43-21-5-20-41/h3-4,6-19,32,41H,5,20-23H2,1-2H3,(H,38,42)/t32-,35-/m1/s1. The van der Waals surface area contributed by atoms with Gasteiger partial charge in [0.2, 0.25) is 5.90 Å². The molecule has 0 spiro atoms. The van der Waals surface area contributed by atoms with Gasteiger partial charge in [-0.1, -0.05) is 74.3 Å². The van der Waals surface area contributed by atoms with Crippen molar-refractivity contribution < 1.29 is 19.4 Å². The molecule has 0 fully saturated rings. The molecule has 0 radical (unpaired) electrons. The van der Waals surface area contributed by atoms with Crippen molar-refractivity contribution in [3.63, 3.8) is 0 Å². The van der Waals surface area contributed by atoms with Gasteiger partial charge in [0.1, 0.15) is 5.75 Å². The van der Waals surface area contributed by atoms with Crippen molar-refractivity contribution in [3.8, 4) is 5.75 Å². The molecule has 44 heavy (non-hydrogen) atoms. The fraction of sp³-hybridized carbons (Fsp3) is 0.257. The lowest BCUT2D eigenvalue weighted by Gasteiger charge is -2.31. The molecule has 0 saturated heterocycles. The Labute approximate surface area is 275 Å². The second-order valence-corrected chi connectivity index (χ2v) is 12.6. The van der Waals surface area contributed by atoms with Gasteiger partial charge >= 0.3 is 0 Å². The van der Waals surface area contributed by atoms with Gasteiger partial charge in [0.05, 0.1) is 6.61 Å². The average Bonchev–Trinajstić information content (AvgIpc) is 3.42. The van der Waals surface area contributed by atoms with Crippen LogP contribution in [0.4, 0.5) is 5.69 Å². The molecule has 1 heterocycles. The molecule has 0 saturated carbocycles. The SMILES string of the molecule is CN(C)c1ccc(CNC(=O)[C@]2(Cc3ccc(Br)cc3)N=C(c3ccc(OCCCO)cc3)O[C@@H]2c2ccccc2Br)cc1. The van der Waals surface area contributed by atoms with E-state index in [1.54, 1.807) is 0 Å². The number of rotatable bonds is 12. The molecular weight excluding hydrogens is 686 g/mol. The van der Waals surface area contributed by atoms with Gasteiger partial charge in [-0.3, -0.25) is 4.79 Å². The molecule has 0 bridgehead atoms. The van der Waals surface area contributed by atoms with E-state index in [0.29, 0.717) is 37.6 Å². The van der Waals surface area contributed by atoms with Gasteiger partial charge < -0.3 is 24.8 Å². The summed E-state index contributed by atoms with van der Waals surface area (Å²) in [5.74, 6) is 0.842. The Morgan fingerprint density at radius 3 is 2.30 bits per heavy atom. The van der Waals surface area contributed by atoms with E-state index in [4.69, 9.17) is 19.6 Å². The summed E-state index contributed by atoms with van der Waals surface area (Å²) >= 11 is 7.23. The lowest BCUT2D eigenvalue weighted by molar-refractivity contribution is -0.129. The first-order valence-electron chi connectivity index (χ1n) is 14.4. The fourth-order valence-electron chi connectivity index (χ4n) is 5.11. The summed E-state index contributed by atoms with van der Waals surface area (Å²) in [6.45, 7) is 0.844. The van der Waals surface area contributed by atoms with Crippen LogP contribution in [0.25, 0.3) is 0 Å². The van der Waals surface area contributed by atoms with Crippen molar-refractivity contribution in [3.05, 3.63) is 128 Å². The van der Waals surface area contributed by atoms with Crippen molar-refractivity contribution in [1.29, 1.82) is 0 Å². The van der Waals surface area contributed by atoms with Crippen molar-refractivity contribution in [2.45, 2.75) is 31.0 Å². The minimum Gasteiger partial charge on any atom is -0.494 e. The highest BCUT2D eigenvalue weighted by Gasteiger charge is 2.53. The zero-order chi connectivity index (χ0) is 31.1. The van der Waals surface area contributed by atoms with E-state index in [1.165, 1.54) is 0 Å². The first-order chi connectivity index (χ1) is 21.3. The number of ether oxygens (including phenoxy) is 2. The number of nitrogens with one attached hydrogen (secondary N) is 1. The Hall–Kier alpha value is -3.66. The Morgan fingerprint density at radius 2 is 1.64 bits per heavy atom. The van der Waals surface area contributed by atoms with Crippen LogP contribution in [0.5, 0.6) is 5.75 Å². The van der Waals surface area contributed by atoms with Crippen LogP contribution in [0.3, 0.4) is 0 Å². The zero-order valence-corrected chi connectivity index (χ0v) is 27.8. The number of nitrogens with zero attached hydrogens (tertiary/aromatic N) is 2. The number of halogens is 2. The maximum atomic E-state index is 14.5. The highest BCUT2D eigenvalue weighted by atomic mass is 79.9. The monoisotopic (exact) mass is 719 g/mol. The van der Waals surface area contributed by atoms with Crippen LogP contribution in [0, 0.1) is 0 Å². The van der Waals surface area contributed by atoms with Crippen molar-refractivity contribution in [2.24, 2.45) is 4.99 Å². The number of hydrogen-bond acceptors (Lipinski definition) is 6. The summed E-state index contributed by atoms with van der Waals surface area (Å²) < 4.78 is 14.2. The number of aliphatic hydroxyl groups excluding tert-OH is 1. The number of aliphatic imine (C=N–C) groups is 1. The van der Waals surface area contributed by atoms with Gasteiger partial charge in [-0.05, 0) is 65.7 Å². The zero-order valence-electron chi connectivity index (χ0n) is 24.7. The molecule has 5 rings (SSSR count). The molecular formula is C35H35Br2N3O4. The number of anilines is 1. The molecule has 1 aliphatic heterocycles. The van der Waals surface area contributed by atoms with Gasteiger partial charge in [-0.25, -0.2) is 4.99 Å². The molecule has 4 aromatic rings. The van der Waals surface area contributed by atoms with Crippen molar-refractivity contribution >= 4 is 49.4 Å². The highest BCUT2D eigenvalue weighted by Crippen LogP contribution is 2.44. The predicted molar refractivity (Wildman–Crippen MR) is 181 cm³/mol. The summed E-state index contributed by atoms with van der Waals surface area (Å²) in [5, 5.41) is 12.3. The topological polar surface area (TPSA) is 83.4 Å². The van der Waals surface area contributed by atoms with Gasteiger partial charge in [0.25, 0.3) is 5.91 Å². The summed E-state index contributed by atoms with van der Waals surface area (Å²) in [7, 11) is 4.00. The van der Waals surface area contributed by atoms with Crippen LogP contribution in [-0.2, 0) is 22.5 Å². The predicted octanol–water partition coefficient (Wildman–Crippen LogP) is 6.85. The van der Waals surface area contributed by atoms with Crippen molar-refractivity contribution in [1.82, 2.24) is 5.32 Å². The lowest BCUT2D eigenvalue weighted by atomic mass is 9.82. The van der Waals surface area contributed by atoms with E-state index in [2.05, 4.69) is 37.2 Å². The molecule has 0 aromatic heterocycles. The molecule has 228 valence electrons. The number of carbonyl (C=O) groups is 1. The molecule has 2 atom stereocenters. The van der Waals surface area contributed by atoms with Gasteiger partial charge in [-0.2, -0.15) is 0 Å². The first-order valence-corrected chi connectivity index (χ1v) is 16.0. The number of amides is 1. The number of carbonyl (C=O) groups excluding carboxylic acids is 1. The molecule has 9 heteroatoms. The Kier molecular flexibility index (Phi) is 10.4. The smallest absolute Gasteiger partial charge is 0.252 e. The quantitative estimate of drug-likeness (QED) is 0.157. The molecule has 7 nitrogen and oxygen atoms in total. The molecule has 0 aliphatic carbocycles. The minimum atomic E-state index is -1.30. The van der Waals surface area contributed by atoms with Gasteiger partial charge in [0.15, 0.2) is 11.6 Å². The molecule has 0 unspecified atom stereocenters. The summed E-state index contributed by atoms with van der Waals surface area (Å²) in [5.41, 5.74) is 3.30. The number of hydrogen-bond donors (Lipinski definition) is 2.